The minimum atomic E-state index is -4.85. The van der Waals surface area contributed by atoms with Gasteiger partial charge in [-0.1, -0.05) is 37.1 Å². The van der Waals surface area contributed by atoms with Gasteiger partial charge in [0.15, 0.2) is 0 Å². The van der Waals surface area contributed by atoms with Crippen molar-refractivity contribution >= 4 is 17.3 Å². The van der Waals surface area contributed by atoms with Crippen LogP contribution in [0.2, 0.25) is 5.02 Å². The van der Waals surface area contributed by atoms with Gasteiger partial charge in [0.1, 0.15) is 11.6 Å². The molecule has 1 aliphatic carbocycles. The van der Waals surface area contributed by atoms with Crippen LogP contribution in [0.3, 0.4) is 0 Å². The zero-order valence-corrected chi connectivity index (χ0v) is 15.8. The number of alkyl halides is 3. The maximum absolute atomic E-state index is 13.5. The highest BCUT2D eigenvalue weighted by atomic mass is 35.5. The van der Waals surface area contributed by atoms with Gasteiger partial charge in [0.25, 0.3) is 5.56 Å². The molecule has 3 rings (SSSR count). The summed E-state index contributed by atoms with van der Waals surface area (Å²) < 4.78 is 41.4. The van der Waals surface area contributed by atoms with E-state index < -0.39 is 22.9 Å². The molecule has 1 aromatic heterocycles. The monoisotopic (exact) mass is 407 g/mol. The van der Waals surface area contributed by atoms with Crippen LogP contribution in [0, 0.1) is 17.2 Å². The zero-order chi connectivity index (χ0) is 20.5. The van der Waals surface area contributed by atoms with Gasteiger partial charge in [-0.2, -0.15) is 28.2 Å². The van der Waals surface area contributed by atoms with Gasteiger partial charge in [-0.15, -0.1) is 0 Å². The number of nitrogens with zero attached hydrogens (tertiary/aromatic N) is 3. The van der Waals surface area contributed by atoms with Gasteiger partial charge in [0.2, 0.25) is 0 Å². The highest BCUT2D eigenvalue weighted by Gasteiger charge is 2.36. The lowest BCUT2D eigenvalue weighted by molar-refractivity contribution is -0.137. The van der Waals surface area contributed by atoms with Gasteiger partial charge in [-0.05, 0) is 43.4 Å². The van der Waals surface area contributed by atoms with E-state index in [2.05, 4.69) is 5.10 Å². The summed E-state index contributed by atoms with van der Waals surface area (Å²) in [6, 6.07) is 8.36. The highest BCUT2D eigenvalue weighted by Crippen LogP contribution is 2.34. The Bertz CT molecular complexity index is 1030. The van der Waals surface area contributed by atoms with Crippen molar-refractivity contribution in [2.24, 2.45) is 11.0 Å². The van der Waals surface area contributed by atoms with Gasteiger partial charge >= 0.3 is 6.18 Å². The molecule has 2 aromatic rings. The lowest BCUT2D eigenvalue weighted by atomic mass is 9.89. The van der Waals surface area contributed by atoms with Crippen molar-refractivity contribution in [2.75, 3.05) is 0 Å². The van der Waals surface area contributed by atoms with Crippen molar-refractivity contribution in [1.29, 1.82) is 5.26 Å². The molecular formula is C20H17ClF3N3O. The standard InChI is InChI=1S/C20H17ClF3N3O/c1-12-5-2-3-8-17(12)26-27-18(13-6-4-7-14(21)9-13)10-16(20(22,23)24)15(11-25)19(27)28/h4,6-7,9-10,12H,2-3,5,8H2,1H3. The van der Waals surface area contributed by atoms with E-state index in [1.165, 1.54) is 12.1 Å². The summed E-state index contributed by atoms with van der Waals surface area (Å²) >= 11 is 5.99. The van der Waals surface area contributed by atoms with Gasteiger partial charge in [-0.25, -0.2) is 0 Å². The number of aromatic nitrogens is 1. The number of nitriles is 1. The molecule has 0 saturated heterocycles. The minimum absolute atomic E-state index is 0.0518. The average molecular weight is 408 g/mol. The molecule has 0 spiro atoms. The number of hydrogen-bond acceptors (Lipinski definition) is 3. The summed E-state index contributed by atoms with van der Waals surface area (Å²) in [4.78, 5) is 12.8. The first-order chi connectivity index (χ1) is 13.2. The second kappa shape index (κ2) is 7.80. The van der Waals surface area contributed by atoms with E-state index >= 15 is 0 Å². The highest BCUT2D eigenvalue weighted by molar-refractivity contribution is 6.30. The maximum atomic E-state index is 13.5. The summed E-state index contributed by atoms with van der Waals surface area (Å²) in [6.45, 7) is 1.97. The van der Waals surface area contributed by atoms with Crippen LogP contribution in [0.25, 0.3) is 11.3 Å². The predicted octanol–water partition coefficient (Wildman–Crippen LogP) is 5.47. The topological polar surface area (TPSA) is 58.1 Å². The molecule has 0 amide bonds. The molecule has 1 aliphatic rings. The molecule has 1 unspecified atom stereocenters. The molecule has 1 aromatic carbocycles. The van der Waals surface area contributed by atoms with Crippen LogP contribution in [-0.4, -0.2) is 10.4 Å². The van der Waals surface area contributed by atoms with E-state index in [-0.39, 0.29) is 11.6 Å². The van der Waals surface area contributed by atoms with Gasteiger partial charge in [-0.3, -0.25) is 4.79 Å². The largest absolute Gasteiger partial charge is 0.417 e. The molecule has 0 bridgehead atoms. The molecule has 0 radical (unpaired) electrons. The third-order valence-electron chi connectivity index (χ3n) is 4.84. The molecule has 0 aliphatic heterocycles. The quantitative estimate of drug-likeness (QED) is 0.662. The normalized spacial score (nSPS) is 18.9. The van der Waals surface area contributed by atoms with Crippen molar-refractivity contribution in [3.05, 3.63) is 56.8 Å². The Hall–Kier alpha value is -2.59. The molecule has 4 nitrogen and oxygen atoms in total. The first kappa shape index (κ1) is 20.2. The van der Waals surface area contributed by atoms with Crippen LogP contribution < -0.4 is 5.56 Å². The zero-order valence-electron chi connectivity index (χ0n) is 15.1. The second-order valence-electron chi connectivity index (χ2n) is 6.79. The molecule has 1 fully saturated rings. The Labute approximate surface area is 164 Å². The number of hydrogen-bond donors (Lipinski definition) is 0. The number of benzene rings is 1. The smallest absolute Gasteiger partial charge is 0.266 e. The first-order valence-electron chi connectivity index (χ1n) is 8.83. The molecule has 146 valence electrons. The lowest BCUT2D eigenvalue weighted by Gasteiger charge is -2.21. The second-order valence-corrected chi connectivity index (χ2v) is 7.23. The van der Waals surface area contributed by atoms with E-state index in [1.54, 1.807) is 18.2 Å². The van der Waals surface area contributed by atoms with E-state index in [4.69, 9.17) is 11.6 Å². The van der Waals surface area contributed by atoms with Crippen molar-refractivity contribution in [3.63, 3.8) is 0 Å². The summed E-state index contributed by atoms with van der Waals surface area (Å²) in [5.41, 5.74) is -2.33. The van der Waals surface area contributed by atoms with E-state index in [0.717, 1.165) is 35.7 Å². The minimum Gasteiger partial charge on any atom is -0.266 e. The molecule has 8 heteroatoms. The third-order valence-corrected chi connectivity index (χ3v) is 5.07. The van der Waals surface area contributed by atoms with Crippen molar-refractivity contribution in [2.45, 2.75) is 38.8 Å². The van der Waals surface area contributed by atoms with Crippen molar-refractivity contribution in [3.8, 4) is 17.3 Å². The Kier molecular flexibility index (Phi) is 5.61. The Morgan fingerprint density at radius 3 is 2.64 bits per heavy atom. The Balaban J connectivity index is 2.35. The molecular weight excluding hydrogens is 391 g/mol. The molecule has 1 atom stereocenters. The summed E-state index contributed by atoms with van der Waals surface area (Å²) in [5, 5.41) is 13.9. The lowest BCUT2D eigenvalue weighted by Crippen LogP contribution is -2.28. The van der Waals surface area contributed by atoms with Crippen LogP contribution in [0.5, 0.6) is 0 Å². The molecule has 1 saturated carbocycles. The molecule has 0 N–H and O–H groups in total. The number of halogens is 4. The van der Waals surface area contributed by atoms with Crippen LogP contribution in [0.15, 0.2) is 40.2 Å². The van der Waals surface area contributed by atoms with E-state index in [1.807, 2.05) is 6.92 Å². The molecule has 28 heavy (non-hydrogen) atoms. The van der Waals surface area contributed by atoms with Crippen LogP contribution in [0.4, 0.5) is 13.2 Å². The van der Waals surface area contributed by atoms with Gasteiger partial charge in [0.05, 0.1) is 11.3 Å². The molecule has 1 heterocycles. The summed E-state index contributed by atoms with van der Waals surface area (Å²) in [6.07, 6.45) is -1.36. The fourth-order valence-corrected chi connectivity index (χ4v) is 3.52. The number of rotatable bonds is 2. The van der Waals surface area contributed by atoms with Crippen LogP contribution >= 0.6 is 11.6 Å². The Morgan fingerprint density at radius 1 is 1.29 bits per heavy atom. The fourth-order valence-electron chi connectivity index (χ4n) is 3.33. The maximum Gasteiger partial charge on any atom is 0.417 e. The Morgan fingerprint density at radius 2 is 2.04 bits per heavy atom. The van der Waals surface area contributed by atoms with Crippen LogP contribution in [0.1, 0.15) is 43.7 Å². The fraction of sp³-hybridized carbons (Fsp3) is 0.350. The number of pyridine rings is 1. The van der Waals surface area contributed by atoms with Crippen molar-refractivity contribution in [1.82, 2.24) is 4.68 Å². The van der Waals surface area contributed by atoms with Crippen LogP contribution in [-0.2, 0) is 6.18 Å². The van der Waals surface area contributed by atoms with E-state index in [9.17, 15) is 23.2 Å². The average Bonchev–Trinajstić information content (AvgIpc) is 2.63. The summed E-state index contributed by atoms with van der Waals surface area (Å²) in [5.74, 6) is 0.112. The van der Waals surface area contributed by atoms with Gasteiger partial charge in [0, 0.05) is 16.3 Å². The van der Waals surface area contributed by atoms with Gasteiger partial charge < -0.3 is 0 Å². The predicted molar refractivity (Wildman–Crippen MR) is 101 cm³/mol. The first-order valence-corrected chi connectivity index (χ1v) is 9.21. The summed E-state index contributed by atoms with van der Waals surface area (Å²) in [7, 11) is 0. The van der Waals surface area contributed by atoms with Crippen molar-refractivity contribution < 1.29 is 13.2 Å². The van der Waals surface area contributed by atoms with E-state index in [0.29, 0.717) is 17.0 Å². The SMILES string of the molecule is CC1CCCCC1=Nn1c(-c2cccc(Cl)c2)cc(C(F)(F)F)c(C#N)c1=O. The third kappa shape index (κ3) is 3.97.